The number of alkyl halides is 3. The molecule has 1 aromatic heterocycles. The lowest BCUT2D eigenvalue weighted by Gasteiger charge is -2.36. The number of aliphatic hydroxyl groups is 1. The molecule has 0 aliphatic rings. The smallest absolute Gasteiger partial charge is 0.420 e. The second-order valence-electron chi connectivity index (χ2n) is 9.46. The first-order chi connectivity index (χ1) is 19.3. The molecule has 0 aliphatic carbocycles. The lowest BCUT2D eigenvalue weighted by Crippen LogP contribution is -2.58. The number of aromatic carboxylic acids is 1. The number of carbonyl (C=O) groups is 2. The number of anilines is 1. The number of aryl methyl sites for hydroxylation is 1. The van der Waals surface area contributed by atoms with Crippen LogP contribution in [0.1, 0.15) is 33.2 Å². The molecule has 8 nitrogen and oxygen atoms in total. The van der Waals surface area contributed by atoms with E-state index in [-0.39, 0.29) is 33.4 Å². The highest BCUT2D eigenvalue weighted by atomic mass is 35.5. The maximum Gasteiger partial charge on any atom is 0.420 e. The van der Waals surface area contributed by atoms with Gasteiger partial charge in [0.25, 0.3) is 5.91 Å². The number of hydrogen-bond acceptors (Lipinski definition) is 5. The molecule has 1 unspecified atom stereocenters. The van der Waals surface area contributed by atoms with Crippen LogP contribution < -0.4 is 5.32 Å². The van der Waals surface area contributed by atoms with Crippen LogP contribution in [0.4, 0.5) is 18.9 Å². The van der Waals surface area contributed by atoms with Crippen molar-refractivity contribution in [1.29, 1.82) is 0 Å². The van der Waals surface area contributed by atoms with Gasteiger partial charge in [0, 0.05) is 17.6 Å². The highest BCUT2D eigenvalue weighted by Crippen LogP contribution is 2.35. The predicted molar refractivity (Wildman–Crippen MR) is 150 cm³/mol. The first-order valence-corrected chi connectivity index (χ1v) is 13.1. The number of rotatable bonds is 9. The van der Waals surface area contributed by atoms with Crippen molar-refractivity contribution >= 4 is 51.7 Å². The Morgan fingerprint density at radius 2 is 1.73 bits per heavy atom. The van der Waals surface area contributed by atoms with Crippen LogP contribution in [0, 0.1) is 6.92 Å². The zero-order chi connectivity index (χ0) is 30.1. The van der Waals surface area contributed by atoms with Crippen LogP contribution >= 0.6 is 23.2 Å². The van der Waals surface area contributed by atoms with E-state index in [9.17, 15) is 33.0 Å². The number of amides is 1. The van der Waals surface area contributed by atoms with Gasteiger partial charge in [-0.3, -0.25) is 4.79 Å². The van der Waals surface area contributed by atoms with Crippen LogP contribution in [-0.2, 0) is 0 Å². The van der Waals surface area contributed by atoms with E-state index in [2.05, 4.69) is 10.4 Å². The topological polar surface area (TPSA) is 108 Å². The Labute approximate surface area is 242 Å². The third-order valence-corrected chi connectivity index (χ3v) is 7.20. The molecule has 0 aliphatic heterocycles. The zero-order valence-corrected chi connectivity index (χ0v) is 23.3. The first kappa shape index (κ1) is 30.2. The zero-order valence-electron chi connectivity index (χ0n) is 21.8. The Bertz CT molecular complexity index is 1610. The Kier molecular flexibility index (Phi) is 8.53. The van der Waals surface area contributed by atoms with E-state index >= 15 is 0 Å². The number of hydrogen-bond donors (Lipinski definition) is 3. The van der Waals surface area contributed by atoms with Crippen molar-refractivity contribution in [2.45, 2.75) is 25.6 Å². The maximum absolute atomic E-state index is 14.3. The molecule has 13 heteroatoms. The average Bonchev–Trinajstić information content (AvgIpc) is 3.33. The molecular formula is C28H25Cl2F3N4O4. The van der Waals surface area contributed by atoms with Gasteiger partial charge in [-0.2, -0.15) is 18.3 Å². The second kappa shape index (κ2) is 11.6. The van der Waals surface area contributed by atoms with E-state index < -0.39 is 36.7 Å². The summed E-state index contributed by atoms with van der Waals surface area (Å²) in [6, 6.07) is 13.7. The summed E-state index contributed by atoms with van der Waals surface area (Å²) in [5.74, 6) is -1.97. The molecule has 0 radical (unpaired) electrons. The van der Waals surface area contributed by atoms with E-state index in [1.54, 1.807) is 31.2 Å². The van der Waals surface area contributed by atoms with Gasteiger partial charge in [0.15, 0.2) is 5.60 Å². The number of carbonyl (C=O) groups excluding carboxylic acids is 1. The number of likely N-dealkylation sites (N-methyl/N-ethyl adjacent to an activating group) is 1. The van der Waals surface area contributed by atoms with E-state index in [1.807, 2.05) is 0 Å². The van der Waals surface area contributed by atoms with E-state index in [0.29, 0.717) is 22.2 Å². The number of aromatic nitrogens is 2. The summed E-state index contributed by atoms with van der Waals surface area (Å²) in [5, 5.41) is 27.7. The normalized spacial score (nSPS) is 13.2. The van der Waals surface area contributed by atoms with Crippen molar-refractivity contribution in [3.63, 3.8) is 0 Å². The van der Waals surface area contributed by atoms with Gasteiger partial charge in [0.1, 0.15) is 0 Å². The SMILES string of the molecule is CCN(CC(O)(CNc1cc(C)cc2c1cnn2-c1cccc(C(=O)O)c1)C(F)(F)F)C(=O)c1c(Cl)cccc1Cl. The molecule has 0 bridgehead atoms. The first-order valence-electron chi connectivity index (χ1n) is 12.3. The van der Waals surface area contributed by atoms with E-state index in [4.69, 9.17) is 23.2 Å². The van der Waals surface area contributed by atoms with Crippen molar-refractivity contribution < 1.29 is 33.0 Å². The van der Waals surface area contributed by atoms with Gasteiger partial charge in [-0.1, -0.05) is 35.3 Å². The van der Waals surface area contributed by atoms with Crippen LogP contribution in [0.15, 0.2) is 60.8 Å². The summed E-state index contributed by atoms with van der Waals surface area (Å²) in [7, 11) is 0. The lowest BCUT2D eigenvalue weighted by molar-refractivity contribution is -0.257. The van der Waals surface area contributed by atoms with Crippen LogP contribution in [0.25, 0.3) is 16.6 Å². The van der Waals surface area contributed by atoms with Gasteiger partial charge in [0.05, 0.1) is 51.7 Å². The third-order valence-electron chi connectivity index (χ3n) is 6.57. The van der Waals surface area contributed by atoms with Crippen molar-refractivity contribution in [3.8, 4) is 5.69 Å². The molecule has 1 amide bonds. The molecule has 3 N–H and O–H groups in total. The van der Waals surface area contributed by atoms with Crippen molar-refractivity contribution in [2.75, 3.05) is 25.0 Å². The summed E-state index contributed by atoms with van der Waals surface area (Å²) in [6.07, 6.45) is -3.69. The molecule has 0 spiro atoms. The maximum atomic E-state index is 14.3. The van der Waals surface area contributed by atoms with Gasteiger partial charge < -0.3 is 20.4 Å². The monoisotopic (exact) mass is 608 g/mol. The number of carboxylic acid groups (broad SMARTS) is 1. The van der Waals surface area contributed by atoms with Crippen LogP contribution in [0.2, 0.25) is 10.0 Å². The molecule has 0 fully saturated rings. The molecule has 4 rings (SSSR count). The summed E-state index contributed by atoms with van der Waals surface area (Å²) in [5.41, 5.74) is -1.59. The third kappa shape index (κ3) is 6.12. The van der Waals surface area contributed by atoms with E-state index in [0.717, 1.165) is 4.90 Å². The quantitative estimate of drug-likeness (QED) is 0.209. The minimum absolute atomic E-state index is 0.0253. The number of benzene rings is 3. The molecule has 1 atom stereocenters. The molecular weight excluding hydrogens is 584 g/mol. The van der Waals surface area contributed by atoms with Gasteiger partial charge in [-0.05, 0) is 61.9 Å². The largest absolute Gasteiger partial charge is 0.478 e. The van der Waals surface area contributed by atoms with Crippen molar-refractivity contribution in [2.24, 2.45) is 0 Å². The molecule has 1 heterocycles. The van der Waals surface area contributed by atoms with Gasteiger partial charge in [-0.25, -0.2) is 9.48 Å². The van der Waals surface area contributed by atoms with Crippen LogP contribution in [0.3, 0.4) is 0 Å². The van der Waals surface area contributed by atoms with E-state index in [1.165, 1.54) is 48.1 Å². The number of nitrogens with one attached hydrogen (secondary N) is 1. The standard InChI is InChI=1S/C28H25Cl2F3N4O4/c1-3-36(25(38)24-20(29)8-5-9-21(24)30)15-27(41,28(31,32)33)14-34-22-10-16(2)11-23-19(22)13-35-37(23)18-7-4-6-17(12-18)26(39)40/h4-13,34,41H,3,14-15H2,1-2H3,(H,39,40). The summed E-state index contributed by atoms with van der Waals surface area (Å²) in [6.45, 7) is 0.974. The molecule has 0 saturated carbocycles. The molecule has 0 saturated heterocycles. The highest BCUT2D eigenvalue weighted by molar-refractivity contribution is 6.39. The summed E-state index contributed by atoms with van der Waals surface area (Å²) in [4.78, 5) is 25.4. The molecule has 216 valence electrons. The fraction of sp³-hybridized carbons (Fsp3) is 0.250. The second-order valence-corrected chi connectivity index (χ2v) is 10.3. The summed E-state index contributed by atoms with van der Waals surface area (Å²) < 4.78 is 44.4. The summed E-state index contributed by atoms with van der Waals surface area (Å²) >= 11 is 12.2. The van der Waals surface area contributed by atoms with Crippen molar-refractivity contribution in [3.05, 3.63) is 87.5 Å². The van der Waals surface area contributed by atoms with Gasteiger partial charge >= 0.3 is 12.1 Å². The fourth-order valence-corrected chi connectivity index (χ4v) is 4.94. The molecule has 3 aromatic carbocycles. The minimum Gasteiger partial charge on any atom is -0.478 e. The molecule has 41 heavy (non-hydrogen) atoms. The van der Waals surface area contributed by atoms with Gasteiger partial charge in [0.2, 0.25) is 0 Å². The Hall–Kier alpha value is -3.80. The van der Waals surface area contributed by atoms with Crippen molar-refractivity contribution in [1.82, 2.24) is 14.7 Å². The van der Waals surface area contributed by atoms with Crippen LogP contribution in [0.5, 0.6) is 0 Å². The molecule has 4 aromatic rings. The Morgan fingerprint density at radius 3 is 2.34 bits per heavy atom. The number of nitrogens with zero attached hydrogens (tertiary/aromatic N) is 3. The fourth-order valence-electron chi connectivity index (χ4n) is 4.38. The van der Waals surface area contributed by atoms with Gasteiger partial charge in [-0.15, -0.1) is 0 Å². The average molecular weight is 609 g/mol. The number of carboxylic acids is 1. The highest BCUT2D eigenvalue weighted by Gasteiger charge is 2.55. The Morgan fingerprint density at radius 1 is 1.07 bits per heavy atom. The lowest BCUT2D eigenvalue weighted by atomic mass is 10.0. The number of halogens is 5. The minimum atomic E-state index is -5.12. The predicted octanol–water partition coefficient (Wildman–Crippen LogP) is 6.21. The van der Waals surface area contributed by atoms with Crippen LogP contribution in [-0.4, -0.2) is 68.2 Å². The number of fused-ring (bicyclic) bond motifs is 1. The Balaban J connectivity index is 1.66.